The van der Waals surface area contributed by atoms with Crippen molar-refractivity contribution in [3.63, 3.8) is 0 Å². The topological polar surface area (TPSA) is 15.3 Å². The molecule has 1 aliphatic heterocycles. The van der Waals surface area contributed by atoms with Crippen molar-refractivity contribution < 1.29 is 8.78 Å². The molecule has 0 radical (unpaired) electrons. The van der Waals surface area contributed by atoms with Gasteiger partial charge in [0.25, 0.3) is 0 Å². The lowest BCUT2D eigenvalue weighted by molar-refractivity contribution is 0.348. The molecule has 0 bridgehead atoms. The molecule has 1 heterocycles. The minimum absolute atomic E-state index is 0.00671. The van der Waals surface area contributed by atoms with Gasteiger partial charge in [-0.1, -0.05) is 15.9 Å². The Morgan fingerprint density at radius 1 is 1.22 bits per heavy atom. The maximum absolute atomic E-state index is 13.7. The molecule has 1 aromatic carbocycles. The second-order valence-corrected chi connectivity index (χ2v) is 5.74. The molecule has 2 rings (SSSR count). The van der Waals surface area contributed by atoms with Crippen molar-refractivity contribution in [3.05, 3.63) is 28.2 Å². The molecular formula is C13H17BrF2N2. The molecule has 1 fully saturated rings. The van der Waals surface area contributed by atoms with Crippen LogP contribution in [0.25, 0.3) is 0 Å². The number of hydrogen-bond donors (Lipinski definition) is 1. The number of anilines is 1. The Kier molecular flexibility index (Phi) is 4.56. The molecule has 1 aromatic rings. The number of halogens is 3. The summed E-state index contributed by atoms with van der Waals surface area (Å²) in [5.41, 5.74) is -0.00671. The third-order valence-electron chi connectivity index (χ3n) is 3.31. The monoisotopic (exact) mass is 318 g/mol. The zero-order valence-corrected chi connectivity index (χ0v) is 11.9. The van der Waals surface area contributed by atoms with Gasteiger partial charge in [-0.15, -0.1) is 0 Å². The second-order valence-electron chi connectivity index (χ2n) is 4.82. The van der Waals surface area contributed by atoms with Gasteiger partial charge in [-0.05, 0) is 51.5 Å². The third-order valence-corrected chi connectivity index (χ3v) is 3.76. The molecule has 1 aliphatic rings. The molecule has 18 heavy (non-hydrogen) atoms. The highest BCUT2D eigenvalue weighted by Gasteiger charge is 2.18. The SMILES string of the molecule is CN1CCCC(Nc2c(F)cc(Br)cc2F)CC1. The second kappa shape index (κ2) is 5.97. The number of rotatable bonds is 2. The summed E-state index contributed by atoms with van der Waals surface area (Å²) < 4.78 is 27.8. The first-order chi connectivity index (χ1) is 8.56. The van der Waals surface area contributed by atoms with E-state index >= 15 is 0 Å². The van der Waals surface area contributed by atoms with Crippen molar-refractivity contribution in [1.82, 2.24) is 4.90 Å². The van der Waals surface area contributed by atoms with Crippen molar-refractivity contribution in [1.29, 1.82) is 0 Å². The van der Waals surface area contributed by atoms with Gasteiger partial charge in [-0.2, -0.15) is 0 Å². The molecule has 0 spiro atoms. The summed E-state index contributed by atoms with van der Waals surface area (Å²) in [4.78, 5) is 2.25. The van der Waals surface area contributed by atoms with Crippen LogP contribution >= 0.6 is 15.9 Å². The van der Waals surface area contributed by atoms with E-state index in [0.29, 0.717) is 4.47 Å². The standard InChI is InChI=1S/C13H17BrF2N2/c1-18-5-2-3-10(4-6-18)17-13-11(15)7-9(14)8-12(13)16/h7-8,10,17H,2-6H2,1H3. The number of nitrogens with zero attached hydrogens (tertiary/aromatic N) is 1. The number of hydrogen-bond acceptors (Lipinski definition) is 2. The summed E-state index contributed by atoms with van der Waals surface area (Å²) in [6.07, 6.45) is 2.90. The third kappa shape index (κ3) is 3.42. The Bertz CT molecular complexity index is 402. The van der Waals surface area contributed by atoms with Gasteiger partial charge in [0.2, 0.25) is 0 Å². The van der Waals surface area contributed by atoms with Crippen LogP contribution in [0.15, 0.2) is 16.6 Å². The Labute approximate surface area is 114 Å². The van der Waals surface area contributed by atoms with E-state index < -0.39 is 11.6 Å². The quantitative estimate of drug-likeness (QED) is 0.896. The summed E-state index contributed by atoms with van der Waals surface area (Å²) >= 11 is 3.08. The maximum Gasteiger partial charge on any atom is 0.150 e. The fourth-order valence-electron chi connectivity index (χ4n) is 2.27. The van der Waals surface area contributed by atoms with Crippen LogP contribution < -0.4 is 5.32 Å². The van der Waals surface area contributed by atoms with Crippen LogP contribution in [-0.2, 0) is 0 Å². The number of nitrogens with one attached hydrogen (secondary N) is 1. The van der Waals surface area contributed by atoms with Crippen LogP contribution in [0.3, 0.4) is 0 Å². The van der Waals surface area contributed by atoms with E-state index in [1.165, 1.54) is 12.1 Å². The molecule has 1 atom stereocenters. The summed E-state index contributed by atoms with van der Waals surface area (Å²) in [6.45, 7) is 2.00. The van der Waals surface area contributed by atoms with Gasteiger partial charge >= 0.3 is 0 Å². The Balaban J connectivity index is 2.09. The first-order valence-electron chi connectivity index (χ1n) is 6.16. The van der Waals surface area contributed by atoms with Crippen LogP contribution in [0, 0.1) is 11.6 Å². The Morgan fingerprint density at radius 2 is 1.89 bits per heavy atom. The van der Waals surface area contributed by atoms with Crippen LogP contribution in [0.4, 0.5) is 14.5 Å². The number of likely N-dealkylation sites (tertiary alicyclic amines) is 1. The molecule has 0 amide bonds. The van der Waals surface area contributed by atoms with Gasteiger partial charge in [0.15, 0.2) is 0 Å². The van der Waals surface area contributed by atoms with E-state index in [1.54, 1.807) is 0 Å². The molecule has 1 unspecified atom stereocenters. The summed E-state index contributed by atoms with van der Waals surface area (Å²) in [7, 11) is 2.07. The molecule has 2 nitrogen and oxygen atoms in total. The fraction of sp³-hybridized carbons (Fsp3) is 0.538. The Hall–Kier alpha value is -0.680. The molecule has 0 aromatic heterocycles. The molecule has 1 saturated heterocycles. The Morgan fingerprint density at radius 3 is 2.56 bits per heavy atom. The fourth-order valence-corrected chi connectivity index (χ4v) is 2.67. The van der Waals surface area contributed by atoms with E-state index in [4.69, 9.17) is 0 Å². The van der Waals surface area contributed by atoms with E-state index in [9.17, 15) is 8.78 Å². The van der Waals surface area contributed by atoms with Crippen LogP contribution in [0.1, 0.15) is 19.3 Å². The predicted molar refractivity (Wildman–Crippen MR) is 72.8 cm³/mol. The highest BCUT2D eigenvalue weighted by atomic mass is 79.9. The highest BCUT2D eigenvalue weighted by molar-refractivity contribution is 9.10. The van der Waals surface area contributed by atoms with Crippen molar-refractivity contribution in [2.75, 3.05) is 25.5 Å². The number of benzene rings is 1. The molecule has 100 valence electrons. The summed E-state index contributed by atoms with van der Waals surface area (Å²) in [6, 6.07) is 2.71. The maximum atomic E-state index is 13.7. The van der Waals surface area contributed by atoms with Crippen LogP contribution in [0.5, 0.6) is 0 Å². The van der Waals surface area contributed by atoms with Crippen molar-refractivity contribution in [2.24, 2.45) is 0 Å². The van der Waals surface area contributed by atoms with Gasteiger partial charge in [0.05, 0.1) is 0 Å². The van der Waals surface area contributed by atoms with Crippen molar-refractivity contribution in [2.45, 2.75) is 25.3 Å². The molecule has 5 heteroatoms. The van der Waals surface area contributed by atoms with E-state index in [1.807, 2.05) is 0 Å². The lowest BCUT2D eigenvalue weighted by atomic mass is 10.1. The highest BCUT2D eigenvalue weighted by Crippen LogP contribution is 2.26. The summed E-state index contributed by atoms with van der Waals surface area (Å²) in [5, 5.41) is 3.01. The minimum Gasteiger partial charge on any atom is -0.378 e. The van der Waals surface area contributed by atoms with Crippen molar-refractivity contribution in [3.8, 4) is 0 Å². The average molecular weight is 319 g/mol. The van der Waals surface area contributed by atoms with Gasteiger partial charge in [0, 0.05) is 10.5 Å². The van der Waals surface area contributed by atoms with Gasteiger partial charge in [0.1, 0.15) is 17.3 Å². The zero-order valence-electron chi connectivity index (χ0n) is 10.3. The summed E-state index contributed by atoms with van der Waals surface area (Å²) in [5.74, 6) is -1.08. The first kappa shape index (κ1) is 13.7. The lowest BCUT2D eigenvalue weighted by Crippen LogP contribution is -2.23. The van der Waals surface area contributed by atoms with Gasteiger partial charge < -0.3 is 10.2 Å². The molecule has 0 aliphatic carbocycles. The predicted octanol–water partition coefficient (Wildman–Crippen LogP) is 3.62. The van der Waals surface area contributed by atoms with Crippen molar-refractivity contribution >= 4 is 21.6 Å². The van der Waals surface area contributed by atoms with Gasteiger partial charge in [-0.25, -0.2) is 8.78 Å². The zero-order chi connectivity index (χ0) is 13.1. The van der Waals surface area contributed by atoms with Gasteiger partial charge in [-0.3, -0.25) is 0 Å². The molecule has 0 saturated carbocycles. The largest absolute Gasteiger partial charge is 0.378 e. The average Bonchev–Trinajstić information content (AvgIpc) is 2.48. The van der Waals surface area contributed by atoms with Crippen LogP contribution in [-0.4, -0.2) is 31.1 Å². The molecule has 1 N–H and O–H groups in total. The minimum atomic E-state index is -0.542. The smallest absolute Gasteiger partial charge is 0.150 e. The molecular weight excluding hydrogens is 302 g/mol. The van der Waals surface area contributed by atoms with E-state index in [2.05, 4.69) is 33.2 Å². The van der Waals surface area contributed by atoms with Crippen LogP contribution in [0.2, 0.25) is 0 Å². The van der Waals surface area contributed by atoms with E-state index in [0.717, 1.165) is 32.4 Å². The first-order valence-corrected chi connectivity index (χ1v) is 6.95. The normalized spacial score (nSPS) is 21.7. The van der Waals surface area contributed by atoms with E-state index in [-0.39, 0.29) is 11.7 Å². The lowest BCUT2D eigenvalue weighted by Gasteiger charge is -2.19.